The van der Waals surface area contributed by atoms with Crippen molar-refractivity contribution in [1.29, 1.82) is 0 Å². The number of morpholine rings is 1. The summed E-state index contributed by atoms with van der Waals surface area (Å²) in [6, 6.07) is 17.8. The third kappa shape index (κ3) is 5.93. The van der Waals surface area contributed by atoms with Gasteiger partial charge in [-0.05, 0) is 74.6 Å². The van der Waals surface area contributed by atoms with Crippen LogP contribution in [-0.2, 0) is 9.53 Å². The number of nitrogens with zero attached hydrogens (tertiary/aromatic N) is 4. The van der Waals surface area contributed by atoms with E-state index in [1.54, 1.807) is 12.3 Å². The lowest BCUT2D eigenvalue weighted by Gasteiger charge is -2.28. The summed E-state index contributed by atoms with van der Waals surface area (Å²) in [5.74, 6) is 0.712. The van der Waals surface area contributed by atoms with Gasteiger partial charge in [-0.1, -0.05) is 30.3 Å². The maximum atomic E-state index is 14.0. The first-order valence-electron chi connectivity index (χ1n) is 14.3. The summed E-state index contributed by atoms with van der Waals surface area (Å²) in [6.07, 6.45) is 6.50. The number of fused-ring (bicyclic) bond motifs is 1. The van der Waals surface area contributed by atoms with Crippen molar-refractivity contribution >= 4 is 28.9 Å². The van der Waals surface area contributed by atoms with Crippen LogP contribution >= 0.6 is 0 Å². The summed E-state index contributed by atoms with van der Waals surface area (Å²) in [6.45, 7) is 7.38. The molecule has 2 amide bonds. The molecule has 4 heterocycles. The maximum Gasteiger partial charge on any atom is 0.276 e. The SMILES string of the molecule is CC1=C(/C=C(\C)C(=O)NC2CC2)CCN(C(=O)c2cccc(-c3ccnc(N4CCOCC4)c3)n2)c2ccccc21. The van der Waals surface area contributed by atoms with Crippen LogP contribution < -0.4 is 15.1 Å². The van der Waals surface area contributed by atoms with Crippen LogP contribution in [0.15, 0.2) is 78.0 Å². The molecule has 3 aromatic rings. The van der Waals surface area contributed by atoms with Crippen molar-refractivity contribution in [3.05, 3.63) is 89.3 Å². The first-order chi connectivity index (χ1) is 20.0. The van der Waals surface area contributed by atoms with Crippen LogP contribution in [0, 0.1) is 0 Å². The van der Waals surface area contributed by atoms with Crippen LogP contribution in [0.5, 0.6) is 0 Å². The molecule has 8 heteroatoms. The van der Waals surface area contributed by atoms with Gasteiger partial charge in [-0.15, -0.1) is 0 Å². The van der Waals surface area contributed by atoms with E-state index in [1.165, 1.54) is 0 Å². The lowest BCUT2D eigenvalue weighted by molar-refractivity contribution is -0.117. The molecule has 210 valence electrons. The first kappa shape index (κ1) is 26.9. The molecule has 0 radical (unpaired) electrons. The molecule has 0 atom stereocenters. The van der Waals surface area contributed by atoms with Gasteiger partial charge in [-0.2, -0.15) is 0 Å². The van der Waals surface area contributed by atoms with Gasteiger partial charge in [-0.3, -0.25) is 9.59 Å². The Balaban J connectivity index is 1.27. The Kier molecular flexibility index (Phi) is 7.65. The average Bonchev–Trinajstić information content (AvgIpc) is 3.85. The van der Waals surface area contributed by atoms with E-state index >= 15 is 0 Å². The molecule has 1 aliphatic carbocycles. The third-order valence-corrected chi connectivity index (χ3v) is 7.94. The van der Waals surface area contributed by atoms with Crippen molar-refractivity contribution < 1.29 is 14.3 Å². The normalized spacial score (nSPS) is 17.7. The van der Waals surface area contributed by atoms with E-state index in [0.717, 1.165) is 65.4 Å². The van der Waals surface area contributed by atoms with Crippen LogP contribution in [0.2, 0.25) is 0 Å². The van der Waals surface area contributed by atoms with Crippen molar-refractivity contribution in [2.45, 2.75) is 39.2 Å². The molecule has 2 aliphatic heterocycles. The lowest BCUT2D eigenvalue weighted by atomic mass is 9.97. The van der Waals surface area contributed by atoms with Gasteiger partial charge in [0.1, 0.15) is 11.5 Å². The number of hydrogen-bond acceptors (Lipinski definition) is 6. The van der Waals surface area contributed by atoms with Gasteiger partial charge in [0, 0.05) is 48.6 Å². The highest BCUT2D eigenvalue weighted by atomic mass is 16.5. The summed E-state index contributed by atoms with van der Waals surface area (Å²) in [5, 5.41) is 3.07. The molecule has 0 unspecified atom stereocenters. The number of rotatable bonds is 6. The minimum absolute atomic E-state index is 0.0211. The number of para-hydroxylation sites is 1. The van der Waals surface area contributed by atoms with E-state index in [1.807, 2.05) is 66.4 Å². The first-order valence-corrected chi connectivity index (χ1v) is 14.3. The second-order valence-corrected chi connectivity index (χ2v) is 10.9. The highest BCUT2D eigenvalue weighted by Crippen LogP contribution is 2.35. The number of hydrogen-bond donors (Lipinski definition) is 1. The van der Waals surface area contributed by atoms with Gasteiger partial charge in [-0.25, -0.2) is 9.97 Å². The number of nitrogens with one attached hydrogen (secondary N) is 1. The number of ether oxygens (including phenoxy) is 1. The number of aromatic nitrogens is 2. The van der Waals surface area contributed by atoms with Crippen molar-refractivity contribution in [3.8, 4) is 11.3 Å². The van der Waals surface area contributed by atoms with Gasteiger partial charge in [0.15, 0.2) is 0 Å². The maximum absolute atomic E-state index is 14.0. The second-order valence-electron chi connectivity index (χ2n) is 10.9. The van der Waals surface area contributed by atoms with Gasteiger partial charge < -0.3 is 19.9 Å². The van der Waals surface area contributed by atoms with Crippen LogP contribution in [0.4, 0.5) is 11.5 Å². The Morgan fingerprint density at radius 1 is 1.02 bits per heavy atom. The lowest BCUT2D eigenvalue weighted by Crippen LogP contribution is -2.36. The fourth-order valence-electron chi connectivity index (χ4n) is 5.38. The van der Waals surface area contributed by atoms with Crippen LogP contribution in [-0.4, -0.2) is 60.7 Å². The summed E-state index contributed by atoms with van der Waals surface area (Å²) >= 11 is 0. The van der Waals surface area contributed by atoms with Crippen molar-refractivity contribution in [3.63, 3.8) is 0 Å². The Bertz CT molecular complexity index is 1540. The molecule has 2 fully saturated rings. The predicted molar refractivity (Wildman–Crippen MR) is 161 cm³/mol. The average molecular weight is 550 g/mol. The fourth-order valence-corrected chi connectivity index (χ4v) is 5.38. The zero-order valence-electron chi connectivity index (χ0n) is 23.6. The summed E-state index contributed by atoms with van der Waals surface area (Å²) in [4.78, 5) is 40.0. The Hall–Kier alpha value is -4.30. The molecule has 1 aromatic carbocycles. The van der Waals surface area contributed by atoms with E-state index in [9.17, 15) is 9.59 Å². The van der Waals surface area contributed by atoms with E-state index in [4.69, 9.17) is 9.72 Å². The van der Waals surface area contributed by atoms with Gasteiger partial charge in [0.05, 0.1) is 24.6 Å². The van der Waals surface area contributed by atoms with E-state index < -0.39 is 0 Å². The smallest absolute Gasteiger partial charge is 0.276 e. The Labute approximate surface area is 240 Å². The number of anilines is 2. The molecule has 3 aliphatic rings. The quantitative estimate of drug-likeness (QED) is 0.434. The van der Waals surface area contributed by atoms with Gasteiger partial charge >= 0.3 is 0 Å². The minimum atomic E-state index is -0.150. The summed E-state index contributed by atoms with van der Waals surface area (Å²) < 4.78 is 5.48. The molecule has 6 rings (SSSR count). The van der Waals surface area contributed by atoms with Crippen molar-refractivity contribution in [1.82, 2.24) is 15.3 Å². The Morgan fingerprint density at radius 3 is 2.63 bits per heavy atom. The standard InChI is InChI=1S/C33H35N5O3/c1-22(32(39)35-26-10-11-26)20-24-13-15-38(30-9-4-3-6-27(30)23(24)2)33(40)29-8-5-7-28(36-29)25-12-14-34-31(21-25)37-16-18-41-19-17-37/h3-9,12,14,20-21,26H,10-11,13,15-19H2,1-2H3,(H,35,39)/b22-20+. The minimum Gasteiger partial charge on any atom is -0.378 e. The monoisotopic (exact) mass is 549 g/mol. The predicted octanol–water partition coefficient (Wildman–Crippen LogP) is 5.03. The molecule has 41 heavy (non-hydrogen) atoms. The molecule has 2 aromatic heterocycles. The topological polar surface area (TPSA) is 87.7 Å². The second kappa shape index (κ2) is 11.7. The molecular formula is C33H35N5O3. The van der Waals surface area contributed by atoms with Gasteiger partial charge in [0.25, 0.3) is 5.91 Å². The number of allylic oxidation sites excluding steroid dienone is 2. The van der Waals surface area contributed by atoms with Crippen molar-refractivity contribution in [2.24, 2.45) is 0 Å². The highest BCUT2D eigenvalue weighted by molar-refractivity contribution is 6.07. The number of pyridine rings is 2. The van der Waals surface area contributed by atoms with E-state index in [0.29, 0.717) is 43.5 Å². The summed E-state index contributed by atoms with van der Waals surface area (Å²) in [5.41, 5.74) is 6.69. The van der Waals surface area contributed by atoms with Crippen LogP contribution in [0.1, 0.15) is 49.2 Å². The third-order valence-electron chi connectivity index (χ3n) is 7.94. The zero-order valence-corrected chi connectivity index (χ0v) is 23.6. The molecule has 0 spiro atoms. The number of carbonyl (C=O) groups excluding carboxylic acids is 2. The molecule has 1 saturated heterocycles. The highest BCUT2D eigenvalue weighted by Gasteiger charge is 2.27. The fraction of sp³-hybridized carbons (Fsp3) is 0.333. The number of carbonyl (C=O) groups is 2. The van der Waals surface area contributed by atoms with E-state index in [2.05, 4.69) is 22.1 Å². The summed E-state index contributed by atoms with van der Waals surface area (Å²) in [7, 11) is 0. The van der Waals surface area contributed by atoms with Crippen LogP contribution in [0.25, 0.3) is 16.8 Å². The number of amides is 2. The molecule has 1 saturated carbocycles. The molecule has 8 nitrogen and oxygen atoms in total. The van der Waals surface area contributed by atoms with Crippen LogP contribution in [0.3, 0.4) is 0 Å². The van der Waals surface area contributed by atoms with Crippen molar-refractivity contribution in [2.75, 3.05) is 42.6 Å². The van der Waals surface area contributed by atoms with E-state index in [-0.39, 0.29) is 11.8 Å². The molecular weight excluding hydrogens is 514 g/mol. The number of benzene rings is 1. The molecule has 1 N–H and O–H groups in total. The molecule has 0 bridgehead atoms. The van der Waals surface area contributed by atoms with Gasteiger partial charge in [0.2, 0.25) is 5.91 Å². The zero-order chi connectivity index (χ0) is 28.3. The largest absolute Gasteiger partial charge is 0.378 e. The Morgan fingerprint density at radius 2 is 1.83 bits per heavy atom.